The van der Waals surface area contributed by atoms with Gasteiger partial charge in [-0.2, -0.15) is 0 Å². The lowest BCUT2D eigenvalue weighted by atomic mass is 10.00. The number of aromatic nitrogens is 2. The molecule has 0 saturated heterocycles. The van der Waals surface area contributed by atoms with Gasteiger partial charge in [-0.3, -0.25) is 14.8 Å². The van der Waals surface area contributed by atoms with E-state index in [2.05, 4.69) is 22.2 Å². The molecule has 2 aromatic heterocycles. The molecule has 1 N–H and O–H groups in total. The van der Waals surface area contributed by atoms with Crippen molar-refractivity contribution in [1.82, 2.24) is 9.97 Å². The molecule has 0 aliphatic heterocycles. The Morgan fingerprint density at radius 1 is 1.19 bits per heavy atom. The van der Waals surface area contributed by atoms with Gasteiger partial charge in [0.2, 0.25) is 0 Å². The summed E-state index contributed by atoms with van der Waals surface area (Å²) in [4.78, 5) is 20.3. The molecule has 2 aliphatic rings. The second kappa shape index (κ2) is 6.51. The highest BCUT2D eigenvalue weighted by Crippen LogP contribution is 2.61. The van der Waals surface area contributed by atoms with Crippen LogP contribution in [-0.2, 0) is 6.42 Å². The summed E-state index contributed by atoms with van der Waals surface area (Å²) in [6.07, 6.45) is 8.67. The number of carbonyl (C=O) groups is 1. The number of hydrogen-bond donors (Lipinski definition) is 1. The SMILES string of the molecule is CCc1cc(C2=C(C)CC3(CC3)C2)ncc1NC(=O)c1c(F)cncc1F. The zero-order valence-electron chi connectivity index (χ0n) is 15.4. The number of carbonyl (C=O) groups excluding carboxylic acids is 1. The van der Waals surface area contributed by atoms with E-state index in [1.807, 2.05) is 13.0 Å². The predicted molar refractivity (Wildman–Crippen MR) is 99.2 cm³/mol. The maximum absolute atomic E-state index is 13.8. The Kier molecular flexibility index (Phi) is 4.29. The number of halogens is 2. The molecule has 0 radical (unpaired) electrons. The third-order valence-electron chi connectivity index (χ3n) is 5.67. The van der Waals surface area contributed by atoms with Crippen molar-refractivity contribution in [2.75, 3.05) is 5.32 Å². The number of nitrogens with one attached hydrogen (secondary N) is 1. The Labute approximate surface area is 156 Å². The zero-order chi connectivity index (χ0) is 19.2. The van der Waals surface area contributed by atoms with E-state index in [1.165, 1.54) is 24.0 Å². The highest BCUT2D eigenvalue weighted by molar-refractivity contribution is 6.05. The van der Waals surface area contributed by atoms with Crippen LogP contribution in [0.4, 0.5) is 14.5 Å². The minimum absolute atomic E-state index is 0.469. The summed E-state index contributed by atoms with van der Waals surface area (Å²) in [5, 5.41) is 2.59. The summed E-state index contributed by atoms with van der Waals surface area (Å²) in [5.74, 6) is -2.82. The van der Waals surface area contributed by atoms with Crippen molar-refractivity contribution in [2.45, 2.75) is 46.0 Å². The van der Waals surface area contributed by atoms with Crippen molar-refractivity contribution in [3.05, 3.63) is 58.7 Å². The first-order valence-corrected chi connectivity index (χ1v) is 9.21. The molecule has 2 aliphatic carbocycles. The van der Waals surface area contributed by atoms with Crippen molar-refractivity contribution in [3.8, 4) is 0 Å². The van der Waals surface area contributed by atoms with Crippen molar-refractivity contribution in [1.29, 1.82) is 0 Å². The minimum Gasteiger partial charge on any atom is -0.320 e. The molecule has 1 saturated carbocycles. The van der Waals surface area contributed by atoms with Gasteiger partial charge in [-0.15, -0.1) is 0 Å². The molecule has 1 spiro atoms. The largest absolute Gasteiger partial charge is 0.320 e. The number of anilines is 1. The van der Waals surface area contributed by atoms with Gasteiger partial charge in [-0.1, -0.05) is 12.5 Å². The number of pyridine rings is 2. The number of allylic oxidation sites excluding steroid dienone is 2. The summed E-state index contributed by atoms with van der Waals surface area (Å²) >= 11 is 0. The third kappa shape index (κ3) is 3.24. The summed E-state index contributed by atoms with van der Waals surface area (Å²) in [7, 11) is 0. The number of rotatable bonds is 4. The Morgan fingerprint density at radius 2 is 1.89 bits per heavy atom. The fourth-order valence-corrected chi connectivity index (χ4v) is 3.98. The monoisotopic (exact) mass is 369 g/mol. The van der Waals surface area contributed by atoms with Crippen LogP contribution in [0.15, 0.2) is 30.2 Å². The Balaban J connectivity index is 1.61. The molecule has 0 unspecified atom stereocenters. The quantitative estimate of drug-likeness (QED) is 0.832. The molecule has 140 valence electrons. The van der Waals surface area contributed by atoms with Crippen LogP contribution in [0.2, 0.25) is 0 Å². The Morgan fingerprint density at radius 3 is 2.48 bits per heavy atom. The van der Waals surface area contributed by atoms with E-state index in [-0.39, 0.29) is 0 Å². The van der Waals surface area contributed by atoms with E-state index >= 15 is 0 Å². The van der Waals surface area contributed by atoms with Crippen molar-refractivity contribution >= 4 is 17.2 Å². The smallest absolute Gasteiger partial charge is 0.261 e. The molecule has 4 rings (SSSR count). The number of nitrogens with zero attached hydrogens (tertiary/aromatic N) is 2. The van der Waals surface area contributed by atoms with Crippen LogP contribution in [0.3, 0.4) is 0 Å². The van der Waals surface area contributed by atoms with Gasteiger partial charge in [0.15, 0.2) is 11.6 Å². The van der Waals surface area contributed by atoms with E-state index < -0.39 is 23.1 Å². The topological polar surface area (TPSA) is 54.9 Å². The molecule has 6 heteroatoms. The number of amides is 1. The van der Waals surface area contributed by atoms with Crippen LogP contribution in [0.1, 0.15) is 61.1 Å². The standard InChI is InChI=1S/C21H21F2N3O/c1-3-13-6-17(14-8-21(4-5-21)7-12(14)2)25-11-18(13)26-20(27)19-15(22)9-24-10-16(19)23/h6,9-11H,3-5,7-8H2,1-2H3,(H,26,27). The molecule has 1 amide bonds. The third-order valence-corrected chi connectivity index (χ3v) is 5.67. The first-order valence-electron chi connectivity index (χ1n) is 9.21. The first kappa shape index (κ1) is 17.8. The van der Waals surface area contributed by atoms with E-state index in [0.717, 1.165) is 36.5 Å². The first-order chi connectivity index (χ1) is 12.9. The minimum atomic E-state index is -0.989. The van der Waals surface area contributed by atoms with Crippen molar-refractivity contribution in [3.63, 3.8) is 0 Å². The molecule has 4 nitrogen and oxygen atoms in total. The summed E-state index contributed by atoms with van der Waals surface area (Å²) in [6, 6.07) is 1.98. The molecule has 2 aromatic rings. The van der Waals surface area contributed by atoms with Gasteiger partial charge in [0.1, 0.15) is 5.56 Å². The van der Waals surface area contributed by atoms with E-state index in [9.17, 15) is 13.6 Å². The summed E-state index contributed by atoms with van der Waals surface area (Å²) < 4.78 is 27.6. The molecule has 2 heterocycles. The van der Waals surface area contributed by atoms with Crippen molar-refractivity contribution in [2.24, 2.45) is 5.41 Å². The molecule has 0 atom stereocenters. The van der Waals surface area contributed by atoms with Gasteiger partial charge in [0.25, 0.3) is 5.91 Å². The maximum atomic E-state index is 13.8. The summed E-state index contributed by atoms with van der Waals surface area (Å²) in [5.41, 5.74) is 4.82. The number of aryl methyl sites for hydroxylation is 1. The molecule has 0 bridgehead atoms. The van der Waals surface area contributed by atoms with Crippen LogP contribution < -0.4 is 5.32 Å². The van der Waals surface area contributed by atoms with Crippen LogP contribution in [-0.4, -0.2) is 15.9 Å². The van der Waals surface area contributed by atoms with E-state index in [0.29, 0.717) is 17.5 Å². The molecule has 27 heavy (non-hydrogen) atoms. The van der Waals surface area contributed by atoms with Gasteiger partial charge in [0, 0.05) is 0 Å². The summed E-state index contributed by atoms with van der Waals surface area (Å²) in [6.45, 7) is 4.14. The van der Waals surface area contributed by atoms with Gasteiger partial charge in [0.05, 0.1) is 30.0 Å². The zero-order valence-corrected chi connectivity index (χ0v) is 15.4. The maximum Gasteiger partial charge on any atom is 0.261 e. The van der Waals surface area contributed by atoms with E-state index in [1.54, 1.807) is 6.20 Å². The molecule has 0 aromatic carbocycles. The fourth-order valence-electron chi connectivity index (χ4n) is 3.98. The van der Waals surface area contributed by atoms with Crippen LogP contribution in [0.5, 0.6) is 0 Å². The second-order valence-electron chi connectivity index (χ2n) is 7.62. The van der Waals surface area contributed by atoms with Gasteiger partial charge in [-0.05, 0) is 61.6 Å². The molecular weight excluding hydrogens is 348 g/mol. The van der Waals surface area contributed by atoms with E-state index in [4.69, 9.17) is 0 Å². The predicted octanol–water partition coefficient (Wildman–Crippen LogP) is 4.92. The van der Waals surface area contributed by atoms with Gasteiger partial charge >= 0.3 is 0 Å². The fraction of sp³-hybridized carbons (Fsp3) is 0.381. The number of hydrogen-bond acceptors (Lipinski definition) is 3. The molecular formula is C21H21F2N3O. The highest BCUT2D eigenvalue weighted by Gasteiger charge is 2.47. The van der Waals surface area contributed by atoms with Crippen LogP contribution >= 0.6 is 0 Å². The Bertz CT molecular complexity index is 944. The highest BCUT2D eigenvalue weighted by atomic mass is 19.1. The Hall–Kier alpha value is -2.63. The van der Waals surface area contributed by atoms with Gasteiger partial charge in [-0.25, -0.2) is 8.78 Å². The average molecular weight is 369 g/mol. The van der Waals surface area contributed by atoms with Gasteiger partial charge < -0.3 is 5.32 Å². The lowest BCUT2D eigenvalue weighted by molar-refractivity contribution is 0.101. The van der Waals surface area contributed by atoms with Crippen molar-refractivity contribution < 1.29 is 13.6 Å². The normalized spacial score (nSPS) is 17.5. The second-order valence-corrected chi connectivity index (χ2v) is 7.62. The van der Waals surface area contributed by atoms with Crippen LogP contribution in [0, 0.1) is 17.0 Å². The molecule has 1 fully saturated rings. The lowest BCUT2D eigenvalue weighted by Crippen LogP contribution is -2.17. The lowest BCUT2D eigenvalue weighted by Gasteiger charge is -2.13. The average Bonchev–Trinajstić information content (AvgIpc) is 3.30. The van der Waals surface area contributed by atoms with Crippen LogP contribution in [0.25, 0.3) is 5.57 Å².